The molecule has 1 heterocycles. The maximum Gasteiger partial charge on any atom is 0.118 e. The average molecular weight is 449 g/mol. The summed E-state index contributed by atoms with van der Waals surface area (Å²) in [6.45, 7) is 0. The third-order valence-electron chi connectivity index (χ3n) is 5.74. The molecule has 5 rings (SSSR count). The van der Waals surface area contributed by atoms with Crippen LogP contribution in [0.5, 0.6) is 11.5 Å². The molecule has 3 heteroatoms. The molecule has 0 radical (unpaired) electrons. The van der Waals surface area contributed by atoms with Crippen molar-refractivity contribution in [2.24, 2.45) is 0 Å². The van der Waals surface area contributed by atoms with Gasteiger partial charge in [-0.05, 0) is 46.5 Å². The molecule has 0 aliphatic carbocycles. The van der Waals surface area contributed by atoms with Crippen LogP contribution in [-0.4, -0.2) is 14.2 Å². The molecule has 0 atom stereocenters. The van der Waals surface area contributed by atoms with Gasteiger partial charge in [0.2, 0.25) is 0 Å². The molecular weight excluding hydrogens is 424 g/mol. The second-order valence-corrected chi connectivity index (χ2v) is 8.72. The van der Waals surface area contributed by atoms with E-state index in [1.54, 1.807) is 14.2 Å². The van der Waals surface area contributed by atoms with E-state index < -0.39 is 0 Å². The first-order valence-electron chi connectivity index (χ1n) is 10.8. The minimum absolute atomic E-state index is 0.851. The summed E-state index contributed by atoms with van der Waals surface area (Å²) >= 11 is 1.84. The zero-order chi connectivity index (χ0) is 22.6. The maximum absolute atomic E-state index is 5.42. The van der Waals surface area contributed by atoms with Crippen molar-refractivity contribution < 1.29 is 9.47 Å². The Morgan fingerprint density at radius 2 is 0.788 bits per heavy atom. The van der Waals surface area contributed by atoms with Gasteiger partial charge in [0, 0.05) is 20.9 Å². The number of thiophene rings is 1. The van der Waals surface area contributed by atoms with Gasteiger partial charge in [-0.2, -0.15) is 0 Å². The molecule has 0 saturated carbocycles. The largest absolute Gasteiger partial charge is 0.497 e. The van der Waals surface area contributed by atoms with Crippen molar-refractivity contribution in [2.75, 3.05) is 14.2 Å². The molecule has 162 valence electrons. The van der Waals surface area contributed by atoms with E-state index in [-0.39, 0.29) is 0 Å². The number of benzene rings is 4. The zero-order valence-electron chi connectivity index (χ0n) is 18.6. The molecule has 0 N–H and O–H groups in total. The van der Waals surface area contributed by atoms with E-state index >= 15 is 0 Å². The van der Waals surface area contributed by atoms with E-state index in [4.69, 9.17) is 9.47 Å². The molecule has 33 heavy (non-hydrogen) atoms. The van der Waals surface area contributed by atoms with Crippen molar-refractivity contribution in [3.05, 3.63) is 109 Å². The summed E-state index contributed by atoms with van der Waals surface area (Å²) in [5.74, 6) is 1.70. The summed E-state index contributed by atoms with van der Waals surface area (Å²) in [7, 11) is 3.40. The molecule has 0 saturated heterocycles. The molecule has 0 bridgehead atoms. The SMILES string of the molecule is COc1ccc(-c2c(-c3ccccc3)sc(-c3ccccc3)c2-c2ccc(OC)cc2)cc1. The third kappa shape index (κ3) is 4.15. The van der Waals surface area contributed by atoms with Crippen LogP contribution in [0.3, 0.4) is 0 Å². The highest BCUT2D eigenvalue weighted by molar-refractivity contribution is 7.20. The predicted octanol–water partition coefficient (Wildman–Crippen LogP) is 8.43. The van der Waals surface area contributed by atoms with Gasteiger partial charge in [-0.15, -0.1) is 11.3 Å². The number of rotatable bonds is 6. The highest BCUT2D eigenvalue weighted by atomic mass is 32.1. The van der Waals surface area contributed by atoms with Crippen molar-refractivity contribution in [3.8, 4) is 54.6 Å². The molecule has 0 spiro atoms. The van der Waals surface area contributed by atoms with Crippen LogP contribution in [0.4, 0.5) is 0 Å². The lowest BCUT2D eigenvalue weighted by molar-refractivity contribution is 0.414. The maximum atomic E-state index is 5.42. The molecule has 5 aromatic rings. The van der Waals surface area contributed by atoms with Gasteiger partial charge < -0.3 is 9.47 Å². The fraction of sp³-hybridized carbons (Fsp3) is 0.0667. The smallest absolute Gasteiger partial charge is 0.118 e. The molecule has 0 aliphatic rings. The third-order valence-corrected chi connectivity index (χ3v) is 7.03. The molecule has 2 nitrogen and oxygen atoms in total. The molecule has 0 unspecified atom stereocenters. The number of methoxy groups -OCH3 is 2. The van der Waals surface area contributed by atoms with Crippen molar-refractivity contribution in [2.45, 2.75) is 0 Å². The Morgan fingerprint density at radius 3 is 1.12 bits per heavy atom. The van der Waals surface area contributed by atoms with Crippen LogP contribution in [-0.2, 0) is 0 Å². The van der Waals surface area contributed by atoms with E-state index in [1.807, 2.05) is 35.6 Å². The molecule has 1 aromatic heterocycles. The monoisotopic (exact) mass is 448 g/mol. The topological polar surface area (TPSA) is 18.5 Å². The first-order valence-corrected chi connectivity index (χ1v) is 11.7. The fourth-order valence-corrected chi connectivity index (χ4v) is 5.44. The van der Waals surface area contributed by atoms with Crippen LogP contribution in [0.1, 0.15) is 0 Å². The summed E-state index contributed by atoms with van der Waals surface area (Å²) in [6, 6.07) is 38.0. The Bertz CT molecular complexity index is 1230. The van der Waals surface area contributed by atoms with Gasteiger partial charge in [0.05, 0.1) is 14.2 Å². The van der Waals surface area contributed by atoms with Crippen LogP contribution in [0.2, 0.25) is 0 Å². The first-order chi connectivity index (χ1) is 16.3. The number of ether oxygens (including phenoxy) is 2. The lowest BCUT2D eigenvalue weighted by atomic mass is 9.91. The Morgan fingerprint density at radius 1 is 0.424 bits per heavy atom. The predicted molar refractivity (Wildman–Crippen MR) is 139 cm³/mol. The van der Waals surface area contributed by atoms with E-state index in [9.17, 15) is 0 Å². The van der Waals surface area contributed by atoms with Gasteiger partial charge in [-0.25, -0.2) is 0 Å². The number of hydrogen-bond donors (Lipinski definition) is 0. The van der Waals surface area contributed by atoms with E-state index in [0.29, 0.717) is 0 Å². The Hall–Kier alpha value is -3.82. The van der Waals surface area contributed by atoms with Gasteiger partial charge in [0.1, 0.15) is 11.5 Å². The average Bonchev–Trinajstić information content (AvgIpc) is 3.30. The van der Waals surface area contributed by atoms with Gasteiger partial charge >= 0.3 is 0 Å². The minimum Gasteiger partial charge on any atom is -0.497 e. The van der Waals surface area contributed by atoms with E-state index in [1.165, 1.54) is 43.1 Å². The Labute approximate surface area is 198 Å². The summed E-state index contributed by atoms with van der Waals surface area (Å²) in [6.07, 6.45) is 0. The van der Waals surface area contributed by atoms with Crippen molar-refractivity contribution in [1.82, 2.24) is 0 Å². The molecule has 4 aromatic carbocycles. The van der Waals surface area contributed by atoms with Crippen LogP contribution >= 0.6 is 11.3 Å². The van der Waals surface area contributed by atoms with E-state index in [0.717, 1.165) is 11.5 Å². The summed E-state index contributed by atoms with van der Waals surface area (Å²) in [5, 5.41) is 0. The zero-order valence-corrected chi connectivity index (χ0v) is 19.4. The summed E-state index contributed by atoms with van der Waals surface area (Å²) in [4.78, 5) is 2.51. The number of hydrogen-bond acceptors (Lipinski definition) is 3. The van der Waals surface area contributed by atoms with E-state index in [2.05, 4.69) is 84.9 Å². The van der Waals surface area contributed by atoms with Gasteiger partial charge in [0.25, 0.3) is 0 Å². The first kappa shape index (κ1) is 21.0. The molecule has 0 aliphatic heterocycles. The van der Waals surface area contributed by atoms with Crippen LogP contribution < -0.4 is 9.47 Å². The minimum atomic E-state index is 0.851. The van der Waals surface area contributed by atoms with Gasteiger partial charge in [0.15, 0.2) is 0 Å². The molecular formula is C30H24O2S. The van der Waals surface area contributed by atoms with Crippen LogP contribution in [0.15, 0.2) is 109 Å². The van der Waals surface area contributed by atoms with Crippen molar-refractivity contribution in [3.63, 3.8) is 0 Å². The Balaban J connectivity index is 1.84. The Kier molecular flexibility index (Phi) is 5.97. The van der Waals surface area contributed by atoms with Crippen LogP contribution in [0, 0.1) is 0 Å². The standard InChI is InChI=1S/C30H24O2S/c1-31-25-17-13-21(14-18-25)27-28(22-15-19-26(32-2)20-16-22)30(24-11-7-4-8-12-24)33-29(27)23-9-5-3-6-10-23/h3-20H,1-2H3. The van der Waals surface area contributed by atoms with Gasteiger partial charge in [-0.1, -0.05) is 84.9 Å². The van der Waals surface area contributed by atoms with Crippen molar-refractivity contribution in [1.29, 1.82) is 0 Å². The normalized spacial score (nSPS) is 10.7. The fourth-order valence-electron chi connectivity index (χ4n) is 4.08. The second-order valence-electron chi connectivity index (χ2n) is 7.70. The molecule has 0 amide bonds. The summed E-state index contributed by atoms with van der Waals surface area (Å²) < 4.78 is 10.8. The second kappa shape index (κ2) is 9.35. The molecule has 0 fully saturated rings. The van der Waals surface area contributed by atoms with Crippen LogP contribution in [0.25, 0.3) is 43.1 Å². The van der Waals surface area contributed by atoms with Gasteiger partial charge in [-0.3, -0.25) is 0 Å². The lowest BCUT2D eigenvalue weighted by Crippen LogP contribution is -1.88. The highest BCUT2D eigenvalue weighted by Crippen LogP contribution is 2.52. The van der Waals surface area contributed by atoms with Crippen molar-refractivity contribution >= 4 is 11.3 Å². The highest BCUT2D eigenvalue weighted by Gasteiger charge is 2.23. The lowest BCUT2D eigenvalue weighted by Gasteiger charge is -2.12. The summed E-state index contributed by atoms with van der Waals surface area (Å²) in [5.41, 5.74) is 7.23. The quantitative estimate of drug-likeness (QED) is 0.259.